The normalized spacial score (nSPS) is 16.1. The average molecular weight is 366 g/mol. The minimum atomic E-state index is -0.448. The monoisotopic (exact) mass is 365 g/mol. The number of hydrogen-bond acceptors (Lipinski definition) is 5. The van der Waals surface area contributed by atoms with Gasteiger partial charge in [0.1, 0.15) is 5.69 Å². The Balaban J connectivity index is 2.06. The number of carbonyl (C=O) groups excluding carboxylic acids is 1. The first kappa shape index (κ1) is 15.2. The van der Waals surface area contributed by atoms with Crippen LogP contribution < -0.4 is 5.73 Å². The molecule has 3 heterocycles. The number of aromatic nitrogens is 2. The number of hydrogen-bond donors (Lipinski definition) is 1. The highest BCUT2D eigenvalue weighted by Crippen LogP contribution is 2.34. The summed E-state index contributed by atoms with van der Waals surface area (Å²) in [5.41, 5.74) is 8.08. The molecule has 2 aromatic rings. The number of esters is 1. The van der Waals surface area contributed by atoms with Crippen molar-refractivity contribution in [1.82, 2.24) is 9.55 Å². The number of methoxy groups -OCH3 is 1. The van der Waals surface area contributed by atoms with Crippen molar-refractivity contribution in [3.8, 4) is 11.1 Å². The molecule has 2 aromatic heterocycles. The van der Waals surface area contributed by atoms with Crippen molar-refractivity contribution in [3.05, 3.63) is 40.9 Å². The Bertz CT molecular complexity index is 696. The van der Waals surface area contributed by atoms with Gasteiger partial charge in [0.15, 0.2) is 0 Å². The Morgan fingerprint density at radius 3 is 2.73 bits per heavy atom. The van der Waals surface area contributed by atoms with E-state index >= 15 is 0 Å². The Hall–Kier alpha value is -1.70. The van der Waals surface area contributed by atoms with Crippen LogP contribution in [0.4, 0.5) is 0 Å². The van der Waals surface area contributed by atoms with Crippen LogP contribution in [0.25, 0.3) is 11.1 Å². The number of nitrogens with zero attached hydrogens (tertiary/aromatic N) is 2. The lowest BCUT2D eigenvalue weighted by atomic mass is 9.99. The summed E-state index contributed by atoms with van der Waals surface area (Å²) in [7, 11) is 1.36. The summed E-state index contributed by atoms with van der Waals surface area (Å²) in [6, 6.07) is 3.77. The summed E-state index contributed by atoms with van der Waals surface area (Å²) in [6.07, 6.45) is 5.32. The highest BCUT2D eigenvalue weighted by molar-refractivity contribution is 9.10. The van der Waals surface area contributed by atoms with Gasteiger partial charge in [-0.15, -0.1) is 0 Å². The third-order valence-electron chi connectivity index (χ3n) is 3.65. The molecule has 7 heteroatoms. The summed E-state index contributed by atoms with van der Waals surface area (Å²) in [6.45, 7) is 1.45. The molecule has 116 valence electrons. The van der Waals surface area contributed by atoms with E-state index in [0.717, 1.165) is 11.1 Å². The van der Waals surface area contributed by atoms with Gasteiger partial charge in [-0.1, -0.05) is 0 Å². The zero-order valence-corrected chi connectivity index (χ0v) is 13.7. The lowest BCUT2D eigenvalue weighted by Gasteiger charge is -2.38. The van der Waals surface area contributed by atoms with Crippen LogP contribution in [-0.4, -0.2) is 41.4 Å². The second kappa shape index (κ2) is 5.83. The molecule has 0 saturated carbocycles. The fraction of sp³-hybridized carbons (Fsp3) is 0.333. The highest BCUT2D eigenvalue weighted by Gasteiger charge is 2.36. The average Bonchev–Trinajstić information content (AvgIpc) is 2.82. The van der Waals surface area contributed by atoms with Crippen LogP contribution in [0.3, 0.4) is 0 Å². The first-order valence-electron chi connectivity index (χ1n) is 6.78. The van der Waals surface area contributed by atoms with Crippen molar-refractivity contribution in [2.24, 2.45) is 5.73 Å². The maximum absolute atomic E-state index is 12.1. The largest absolute Gasteiger partial charge is 0.464 e. The van der Waals surface area contributed by atoms with Gasteiger partial charge in [0.05, 0.1) is 30.3 Å². The molecule has 0 radical (unpaired) electrons. The van der Waals surface area contributed by atoms with Crippen molar-refractivity contribution in [1.29, 1.82) is 0 Å². The molecule has 0 unspecified atom stereocenters. The summed E-state index contributed by atoms with van der Waals surface area (Å²) in [5.74, 6) is -0.406. The molecule has 1 saturated heterocycles. The third-order valence-corrected chi connectivity index (χ3v) is 4.45. The van der Waals surface area contributed by atoms with Crippen LogP contribution >= 0.6 is 15.9 Å². The molecular formula is C15H16BrN3O3. The Kier molecular flexibility index (Phi) is 4.03. The molecule has 0 aromatic carbocycles. The maximum atomic E-state index is 12.1. The van der Waals surface area contributed by atoms with Gasteiger partial charge < -0.3 is 19.8 Å². The topological polar surface area (TPSA) is 79.4 Å². The van der Waals surface area contributed by atoms with Gasteiger partial charge in [0, 0.05) is 30.7 Å². The SMILES string of the molecule is COC(=O)c1c(Br)c(-c2ccncc2)cn1CC1(N)COC1. The van der Waals surface area contributed by atoms with Crippen LogP contribution in [-0.2, 0) is 16.0 Å². The first-order chi connectivity index (χ1) is 10.5. The van der Waals surface area contributed by atoms with Gasteiger partial charge in [-0.3, -0.25) is 4.98 Å². The summed E-state index contributed by atoms with van der Waals surface area (Å²) >= 11 is 3.51. The van der Waals surface area contributed by atoms with E-state index < -0.39 is 11.5 Å². The van der Waals surface area contributed by atoms with Gasteiger partial charge in [-0.2, -0.15) is 0 Å². The second-order valence-corrected chi connectivity index (χ2v) is 6.21. The number of pyridine rings is 1. The molecular weight excluding hydrogens is 350 g/mol. The van der Waals surface area contributed by atoms with E-state index in [-0.39, 0.29) is 0 Å². The summed E-state index contributed by atoms with van der Waals surface area (Å²) < 4.78 is 12.6. The summed E-state index contributed by atoms with van der Waals surface area (Å²) in [4.78, 5) is 16.1. The molecule has 6 nitrogen and oxygen atoms in total. The zero-order chi connectivity index (χ0) is 15.7. The number of rotatable bonds is 4. The van der Waals surface area contributed by atoms with Gasteiger partial charge in [0.25, 0.3) is 0 Å². The first-order valence-corrected chi connectivity index (χ1v) is 7.57. The van der Waals surface area contributed by atoms with E-state index in [1.165, 1.54) is 7.11 Å². The van der Waals surface area contributed by atoms with Gasteiger partial charge in [-0.05, 0) is 33.6 Å². The molecule has 1 fully saturated rings. The van der Waals surface area contributed by atoms with Crippen LogP contribution in [0.2, 0.25) is 0 Å². The smallest absolute Gasteiger partial charge is 0.355 e. The maximum Gasteiger partial charge on any atom is 0.355 e. The van der Waals surface area contributed by atoms with Crippen molar-refractivity contribution in [2.75, 3.05) is 20.3 Å². The number of nitrogens with two attached hydrogens (primary N) is 1. The summed E-state index contributed by atoms with van der Waals surface area (Å²) in [5, 5.41) is 0. The number of halogens is 1. The highest BCUT2D eigenvalue weighted by atomic mass is 79.9. The number of carbonyl (C=O) groups is 1. The van der Waals surface area contributed by atoms with Crippen molar-refractivity contribution in [2.45, 2.75) is 12.1 Å². The molecule has 22 heavy (non-hydrogen) atoms. The molecule has 0 atom stereocenters. The lowest BCUT2D eigenvalue weighted by molar-refractivity contribution is -0.0615. The van der Waals surface area contributed by atoms with Gasteiger partial charge >= 0.3 is 5.97 Å². The minimum Gasteiger partial charge on any atom is -0.464 e. The molecule has 3 rings (SSSR count). The van der Waals surface area contributed by atoms with Crippen LogP contribution in [0, 0.1) is 0 Å². The Morgan fingerprint density at radius 1 is 1.50 bits per heavy atom. The van der Waals surface area contributed by atoms with E-state index in [2.05, 4.69) is 20.9 Å². The molecule has 0 amide bonds. The molecule has 1 aliphatic rings. The van der Waals surface area contributed by atoms with Crippen LogP contribution in [0.15, 0.2) is 35.2 Å². The standard InChI is InChI=1S/C15H16BrN3O3/c1-21-14(20)13-12(16)11(10-2-4-18-5-3-10)6-19(13)7-15(17)8-22-9-15/h2-6H,7-9,17H2,1H3. The Morgan fingerprint density at radius 2 is 2.18 bits per heavy atom. The minimum absolute atomic E-state index is 0.406. The molecule has 2 N–H and O–H groups in total. The molecule has 0 bridgehead atoms. The third kappa shape index (κ3) is 2.67. The second-order valence-electron chi connectivity index (χ2n) is 5.42. The fourth-order valence-corrected chi connectivity index (χ4v) is 3.21. The van der Waals surface area contributed by atoms with Crippen molar-refractivity contribution >= 4 is 21.9 Å². The predicted octanol–water partition coefficient (Wildman–Crippen LogP) is 1.83. The van der Waals surface area contributed by atoms with E-state index in [0.29, 0.717) is 29.9 Å². The molecule has 0 aliphatic carbocycles. The van der Waals surface area contributed by atoms with E-state index in [1.54, 1.807) is 12.4 Å². The zero-order valence-electron chi connectivity index (χ0n) is 12.1. The lowest BCUT2D eigenvalue weighted by Crippen LogP contribution is -2.60. The van der Waals surface area contributed by atoms with Crippen molar-refractivity contribution in [3.63, 3.8) is 0 Å². The van der Waals surface area contributed by atoms with Gasteiger partial charge in [-0.25, -0.2) is 4.79 Å². The van der Waals surface area contributed by atoms with Crippen LogP contribution in [0.1, 0.15) is 10.5 Å². The Labute approximate surface area is 136 Å². The predicted molar refractivity (Wildman–Crippen MR) is 84.4 cm³/mol. The fourth-order valence-electron chi connectivity index (χ4n) is 2.49. The van der Waals surface area contributed by atoms with E-state index in [1.807, 2.05) is 22.9 Å². The number of ether oxygens (including phenoxy) is 2. The quantitative estimate of drug-likeness (QED) is 0.836. The molecule has 0 spiro atoms. The molecule has 1 aliphatic heterocycles. The van der Waals surface area contributed by atoms with Crippen molar-refractivity contribution < 1.29 is 14.3 Å². The van der Waals surface area contributed by atoms with E-state index in [9.17, 15) is 4.79 Å². The van der Waals surface area contributed by atoms with E-state index in [4.69, 9.17) is 15.2 Å². The van der Waals surface area contributed by atoms with Crippen LogP contribution in [0.5, 0.6) is 0 Å². The van der Waals surface area contributed by atoms with Gasteiger partial charge in [0.2, 0.25) is 0 Å².